The number of hydrogen-bond donors (Lipinski definition) is 0. The largest absolute Gasteiger partial charge is 0.465 e. The van der Waals surface area contributed by atoms with Crippen molar-refractivity contribution in [3.05, 3.63) is 28.8 Å². The van der Waals surface area contributed by atoms with Crippen LogP contribution in [0.25, 0.3) is 0 Å². The fourth-order valence-corrected chi connectivity index (χ4v) is 1.99. The summed E-state index contributed by atoms with van der Waals surface area (Å²) in [5.74, 6) is -0.295. The third-order valence-corrected chi connectivity index (χ3v) is 2.92. The molecule has 5 heteroatoms. The predicted octanol–water partition coefficient (Wildman–Crippen LogP) is 2.99. The van der Waals surface area contributed by atoms with Gasteiger partial charge >= 0.3 is 5.97 Å². The van der Waals surface area contributed by atoms with Gasteiger partial charge in [-0.1, -0.05) is 11.6 Å². The van der Waals surface area contributed by atoms with Crippen LogP contribution in [-0.4, -0.2) is 25.2 Å². The number of carbonyl (C=O) groups excluding carboxylic acids is 1. The molecule has 0 saturated carbocycles. The normalized spacial score (nSPS) is 10.1. The van der Waals surface area contributed by atoms with Gasteiger partial charge in [0.25, 0.3) is 0 Å². The zero-order valence-corrected chi connectivity index (χ0v) is 12.1. The van der Waals surface area contributed by atoms with Crippen molar-refractivity contribution in [1.29, 1.82) is 5.26 Å². The summed E-state index contributed by atoms with van der Waals surface area (Å²) < 4.78 is 4.95. The first-order valence-electron chi connectivity index (χ1n) is 6.11. The van der Waals surface area contributed by atoms with Crippen LogP contribution in [0.1, 0.15) is 26.3 Å². The summed E-state index contributed by atoms with van der Waals surface area (Å²) >= 11 is 6.16. The number of ether oxygens (including phenoxy) is 1. The summed E-state index contributed by atoms with van der Waals surface area (Å²) in [5.41, 5.74) is 1.22. The monoisotopic (exact) mass is 280 g/mol. The number of nitrogens with zero attached hydrogens (tertiary/aromatic N) is 2. The molecule has 0 heterocycles. The second-order valence-electron chi connectivity index (χ2n) is 4.30. The summed E-state index contributed by atoms with van der Waals surface area (Å²) in [4.78, 5) is 13.5. The maximum atomic E-state index is 11.6. The van der Waals surface area contributed by atoms with Crippen LogP contribution in [0.2, 0.25) is 5.02 Å². The molecule has 0 fully saturated rings. The van der Waals surface area contributed by atoms with E-state index in [1.54, 1.807) is 25.1 Å². The van der Waals surface area contributed by atoms with Crippen molar-refractivity contribution in [1.82, 2.24) is 0 Å². The zero-order valence-electron chi connectivity index (χ0n) is 11.3. The molecule has 0 aliphatic carbocycles. The predicted molar refractivity (Wildman–Crippen MR) is 75.3 cm³/mol. The quantitative estimate of drug-likeness (QED) is 0.778. The zero-order chi connectivity index (χ0) is 14.4. The highest BCUT2D eigenvalue weighted by Gasteiger charge is 2.18. The molecule has 102 valence electrons. The lowest BCUT2D eigenvalue weighted by Crippen LogP contribution is -2.36. The lowest BCUT2D eigenvalue weighted by molar-refractivity contribution is -0.141. The van der Waals surface area contributed by atoms with Gasteiger partial charge in [-0.15, -0.1) is 0 Å². The van der Waals surface area contributed by atoms with Crippen LogP contribution >= 0.6 is 11.6 Å². The number of anilines is 1. The van der Waals surface area contributed by atoms with E-state index >= 15 is 0 Å². The van der Waals surface area contributed by atoms with E-state index in [0.29, 0.717) is 17.2 Å². The molecule has 0 bridgehead atoms. The number of esters is 1. The molecule has 4 nitrogen and oxygen atoms in total. The first-order valence-corrected chi connectivity index (χ1v) is 6.49. The van der Waals surface area contributed by atoms with Gasteiger partial charge in [-0.3, -0.25) is 4.79 Å². The second kappa shape index (κ2) is 7.01. The lowest BCUT2D eigenvalue weighted by Gasteiger charge is -2.28. The van der Waals surface area contributed by atoms with Crippen molar-refractivity contribution in [2.24, 2.45) is 0 Å². The minimum Gasteiger partial charge on any atom is -0.465 e. The molecule has 0 aliphatic rings. The van der Waals surface area contributed by atoms with Gasteiger partial charge in [0.05, 0.1) is 28.9 Å². The molecule has 1 aromatic rings. The molecule has 0 saturated heterocycles. The fourth-order valence-electron chi connectivity index (χ4n) is 1.70. The van der Waals surface area contributed by atoms with E-state index in [4.69, 9.17) is 21.6 Å². The molecule has 0 unspecified atom stereocenters. The highest BCUT2D eigenvalue weighted by atomic mass is 35.5. The van der Waals surface area contributed by atoms with Crippen LogP contribution in [0.15, 0.2) is 18.2 Å². The molecule has 0 radical (unpaired) electrons. The molecule has 0 aromatic heterocycles. The average Bonchev–Trinajstić information content (AvgIpc) is 2.36. The van der Waals surface area contributed by atoms with Gasteiger partial charge in [0.1, 0.15) is 6.54 Å². The molecular formula is C14H17ClN2O2. The Morgan fingerprint density at radius 1 is 1.53 bits per heavy atom. The Kier molecular flexibility index (Phi) is 5.65. The Labute approximate surface area is 118 Å². The smallest absolute Gasteiger partial charge is 0.325 e. The minimum absolute atomic E-state index is 0.0924. The van der Waals surface area contributed by atoms with E-state index in [2.05, 4.69) is 0 Å². The molecule has 0 spiro atoms. The summed E-state index contributed by atoms with van der Waals surface area (Å²) in [7, 11) is 0. The third kappa shape index (κ3) is 4.15. The maximum Gasteiger partial charge on any atom is 0.325 e. The van der Waals surface area contributed by atoms with Gasteiger partial charge < -0.3 is 9.64 Å². The van der Waals surface area contributed by atoms with E-state index in [0.717, 1.165) is 5.69 Å². The van der Waals surface area contributed by atoms with E-state index in [1.165, 1.54) is 0 Å². The average molecular weight is 281 g/mol. The van der Waals surface area contributed by atoms with Crippen molar-refractivity contribution in [2.45, 2.75) is 26.8 Å². The Morgan fingerprint density at radius 2 is 2.21 bits per heavy atom. The van der Waals surface area contributed by atoms with Crippen LogP contribution in [0.4, 0.5) is 5.69 Å². The lowest BCUT2D eigenvalue weighted by atomic mass is 10.2. The second-order valence-corrected chi connectivity index (χ2v) is 4.71. The van der Waals surface area contributed by atoms with Gasteiger partial charge in [0.2, 0.25) is 0 Å². The fraction of sp³-hybridized carbons (Fsp3) is 0.429. The molecule has 0 aliphatic heterocycles. The number of carbonyl (C=O) groups is 1. The van der Waals surface area contributed by atoms with Crippen molar-refractivity contribution in [3.8, 4) is 6.07 Å². The first-order chi connectivity index (χ1) is 8.99. The molecule has 0 N–H and O–H groups in total. The van der Waals surface area contributed by atoms with Gasteiger partial charge in [0, 0.05) is 6.04 Å². The molecule has 1 aromatic carbocycles. The highest BCUT2D eigenvalue weighted by Crippen LogP contribution is 2.28. The molecule has 0 atom stereocenters. The van der Waals surface area contributed by atoms with Crippen LogP contribution in [0.5, 0.6) is 0 Å². The summed E-state index contributed by atoms with van der Waals surface area (Å²) in [6.07, 6.45) is 0. The van der Waals surface area contributed by atoms with Crippen molar-refractivity contribution in [3.63, 3.8) is 0 Å². The molecular weight excluding hydrogens is 264 g/mol. The number of nitriles is 1. The molecule has 1 rings (SSSR count). The summed E-state index contributed by atoms with van der Waals surface area (Å²) in [6, 6.07) is 7.15. The Bertz CT molecular complexity index is 495. The van der Waals surface area contributed by atoms with E-state index in [-0.39, 0.29) is 18.6 Å². The number of hydrogen-bond acceptors (Lipinski definition) is 4. The van der Waals surface area contributed by atoms with Crippen molar-refractivity contribution >= 4 is 23.3 Å². The Hall–Kier alpha value is -1.73. The summed E-state index contributed by atoms with van der Waals surface area (Å²) in [5, 5.41) is 9.28. The maximum absolute atomic E-state index is 11.6. The van der Waals surface area contributed by atoms with Crippen LogP contribution < -0.4 is 4.90 Å². The van der Waals surface area contributed by atoms with Crippen molar-refractivity contribution in [2.75, 3.05) is 18.1 Å². The van der Waals surface area contributed by atoms with E-state index in [9.17, 15) is 4.79 Å². The van der Waals surface area contributed by atoms with Gasteiger partial charge in [-0.2, -0.15) is 5.26 Å². The number of halogens is 1. The van der Waals surface area contributed by atoms with Crippen LogP contribution in [-0.2, 0) is 9.53 Å². The SMILES string of the molecule is CCOC(=O)CN(c1ccc(C#N)cc1Cl)C(C)C. The van der Waals surface area contributed by atoms with E-state index in [1.807, 2.05) is 24.8 Å². The standard InChI is InChI=1S/C14H17ClN2O2/c1-4-19-14(18)9-17(10(2)3)13-6-5-11(8-16)7-12(13)15/h5-7,10H,4,9H2,1-3H3. The first kappa shape index (κ1) is 15.3. The Morgan fingerprint density at radius 3 is 2.68 bits per heavy atom. The van der Waals surface area contributed by atoms with Crippen LogP contribution in [0.3, 0.4) is 0 Å². The molecule has 0 amide bonds. The topological polar surface area (TPSA) is 53.3 Å². The van der Waals surface area contributed by atoms with Crippen LogP contribution in [0, 0.1) is 11.3 Å². The van der Waals surface area contributed by atoms with Gasteiger partial charge in [0.15, 0.2) is 0 Å². The van der Waals surface area contributed by atoms with E-state index < -0.39 is 0 Å². The van der Waals surface area contributed by atoms with Crippen molar-refractivity contribution < 1.29 is 9.53 Å². The summed E-state index contributed by atoms with van der Waals surface area (Å²) in [6.45, 7) is 6.19. The number of benzene rings is 1. The van der Waals surface area contributed by atoms with Gasteiger partial charge in [-0.05, 0) is 39.0 Å². The number of rotatable bonds is 5. The minimum atomic E-state index is -0.295. The molecule has 19 heavy (non-hydrogen) atoms. The Balaban J connectivity index is 3.00. The highest BCUT2D eigenvalue weighted by molar-refractivity contribution is 6.33. The van der Waals surface area contributed by atoms with Gasteiger partial charge in [-0.25, -0.2) is 0 Å². The third-order valence-electron chi connectivity index (χ3n) is 2.61.